The van der Waals surface area contributed by atoms with Crippen molar-refractivity contribution in [1.82, 2.24) is 9.97 Å². The van der Waals surface area contributed by atoms with Crippen LogP contribution in [0.1, 0.15) is 16.2 Å². The summed E-state index contributed by atoms with van der Waals surface area (Å²) in [4.78, 5) is 19.8. The van der Waals surface area contributed by atoms with Crippen LogP contribution in [0, 0.1) is 0 Å². The highest BCUT2D eigenvalue weighted by Gasteiger charge is 2.15. The Hall–Kier alpha value is -2.23. The quantitative estimate of drug-likeness (QED) is 0.730. The number of nitrogens with zero attached hydrogens (tertiary/aromatic N) is 2. The number of aromatic nitrogens is 2. The van der Waals surface area contributed by atoms with Crippen LogP contribution in [0.15, 0.2) is 42.7 Å². The Kier molecular flexibility index (Phi) is 2.91. The first-order valence-corrected chi connectivity index (χ1v) is 4.77. The minimum atomic E-state index is -0.238. The fourth-order valence-corrected chi connectivity index (χ4v) is 1.37. The molecular formula is C12H10N2O2. The minimum Gasteiger partial charge on any atom is -0.496 e. The van der Waals surface area contributed by atoms with E-state index in [1.165, 1.54) is 19.5 Å². The predicted molar refractivity (Wildman–Crippen MR) is 58.5 cm³/mol. The second-order valence-electron chi connectivity index (χ2n) is 3.10. The van der Waals surface area contributed by atoms with Gasteiger partial charge in [-0.05, 0) is 18.2 Å². The van der Waals surface area contributed by atoms with Gasteiger partial charge in [0.2, 0.25) is 11.6 Å². The lowest BCUT2D eigenvalue weighted by atomic mass is 10.1. The molecule has 0 radical (unpaired) electrons. The van der Waals surface area contributed by atoms with E-state index in [-0.39, 0.29) is 11.6 Å². The molecule has 0 aliphatic rings. The second-order valence-corrected chi connectivity index (χ2v) is 3.10. The van der Waals surface area contributed by atoms with Crippen LogP contribution in [0.25, 0.3) is 0 Å². The summed E-state index contributed by atoms with van der Waals surface area (Å²) in [7, 11) is 1.53. The van der Waals surface area contributed by atoms with Crippen molar-refractivity contribution in [3.05, 3.63) is 54.1 Å². The van der Waals surface area contributed by atoms with E-state index < -0.39 is 0 Å². The van der Waals surface area contributed by atoms with Gasteiger partial charge < -0.3 is 4.74 Å². The molecule has 80 valence electrons. The SMILES string of the molecule is COc1ccccc1C(=O)c1ncccn1. The van der Waals surface area contributed by atoms with E-state index >= 15 is 0 Å². The zero-order chi connectivity index (χ0) is 11.4. The summed E-state index contributed by atoms with van der Waals surface area (Å²) in [6.07, 6.45) is 3.07. The van der Waals surface area contributed by atoms with Gasteiger partial charge in [0.25, 0.3) is 0 Å². The molecule has 1 aromatic heterocycles. The van der Waals surface area contributed by atoms with Crippen molar-refractivity contribution in [2.45, 2.75) is 0 Å². The van der Waals surface area contributed by atoms with Crippen LogP contribution >= 0.6 is 0 Å². The van der Waals surface area contributed by atoms with E-state index in [0.29, 0.717) is 11.3 Å². The molecule has 1 heterocycles. The van der Waals surface area contributed by atoms with Gasteiger partial charge in [-0.3, -0.25) is 4.79 Å². The standard InChI is InChI=1S/C12H10N2O2/c1-16-10-6-3-2-5-9(10)11(15)12-13-7-4-8-14-12/h2-8H,1H3. The lowest BCUT2D eigenvalue weighted by Crippen LogP contribution is -2.07. The molecule has 4 heteroatoms. The molecule has 4 nitrogen and oxygen atoms in total. The highest BCUT2D eigenvalue weighted by atomic mass is 16.5. The third-order valence-electron chi connectivity index (χ3n) is 2.12. The Balaban J connectivity index is 2.42. The number of carbonyl (C=O) groups excluding carboxylic acids is 1. The van der Waals surface area contributed by atoms with E-state index in [1.54, 1.807) is 24.3 Å². The highest BCUT2D eigenvalue weighted by molar-refractivity contribution is 6.08. The molecule has 0 unspecified atom stereocenters. The summed E-state index contributed by atoms with van der Waals surface area (Å²) in [6.45, 7) is 0. The van der Waals surface area contributed by atoms with E-state index in [9.17, 15) is 4.79 Å². The van der Waals surface area contributed by atoms with Gasteiger partial charge in [-0.1, -0.05) is 12.1 Å². The molecule has 0 aliphatic heterocycles. The molecule has 1 aromatic carbocycles. The van der Waals surface area contributed by atoms with E-state index in [1.807, 2.05) is 6.07 Å². The first-order valence-electron chi connectivity index (χ1n) is 4.77. The van der Waals surface area contributed by atoms with Crippen molar-refractivity contribution in [1.29, 1.82) is 0 Å². The van der Waals surface area contributed by atoms with Crippen LogP contribution in [-0.4, -0.2) is 22.9 Å². The zero-order valence-electron chi connectivity index (χ0n) is 8.75. The molecule has 16 heavy (non-hydrogen) atoms. The van der Waals surface area contributed by atoms with Crippen molar-refractivity contribution in [3.8, 4) is 5.75 Å². The average Bonchev–Trinajstić information content (AvgIpc) is 2.39. The molecule has 2 aromatic rings. The Morgan fingerprint density at radius 3 is 2.50 bits per heavy atom. The van der Waals surface area contributed by atoms with Gasteiger partial charge in [0.15, 0.2) is 0 Å². The zero-order valence-corrected chi connectivity index (χ0v) is 8.75. The fraction of sp³-hybridized carbons (Fsp3) is 0.0833. The number of ether oxygens (including phenoxy) is 1. The normalized spacial score (nSPS) is 9.81. The van der Waals surface area contributed by atoms with Crippen molar-refractivity contribution < 1.29 is 9.53 Å². The number of benzene rings is 1. The van der Waals surface area contributed by atoms with Gasteiger partial charge in [0, 0.05) is 12.4 Å². The Morgan fingerprint density at radius 1 is 1.12 bits per heavy atom. The average molecular weight is 214 g/mol. The van der Waals surface area contributed by atoms with Crippen molar-refractivity contribution >= 4 is 5.78 Å². The number of ketones is 1. The second kappa shape index (κ2) is 4.53. The molecule has 0 saturated heterocycles. The van der Waals surface area contributed by atoms with Crippen molar-refractivity contribution in [2.24, 2.45) is 0 Å². The maximum atomic E-state index is 12.0. The maximum Gasteiger partial charge on any atom is 0.233 e. The molecule has 0 N–H and O–H groups in total. The predicted octanol–water partition coefficient (Wildman–Crippen LogP) is 1.72. The van der Waals surface area contributed by atoms with E-state index in [0.717, 1.165) is 0 Å². The van der Waals surface area contributed by atoms with Gasteiger partial charge in [-0.25, -0.2) is 9.97 Å². The van der Waals surface area contributed by atoms with Crippen LogP contribution in [0.3, 0.4) is 0 Å². The maximum absolute atomic E-state index is 12.0. The van der Waals surface area contributed by atoms with Crippen molar-refractivity contribution in [2.75, 3.05) is 7.11 Å². The molecule has 0 atom stereocenters. The van der Waals surface area contributed by atoms with Gasteiger partial charge in [-0.15, -0.1) is 0 Å². The highest BCUT2D eigenvalue weighted by Crippen LogP contribution is 2.19. The van der Waals surface area contributed by atoms with Crippen LogP contribution in [0.2, 0.25) is 0 Å². The van der Waals surface area contributed by atoms with Crippen molar-refractivity contribution in [3.63, 3.8) is 0 Å². The largest absolute Gasteiger partial charge is 0.496 e. The Morgan fingerprint density at radius 2 is 1.81 bits per heavy atom. The summed E-state index contributed by atoms with van der Waals surface area (Å²) in [6, 6.07) is 8.67. The van der Waals surface area contributed by atoms with Crippen LogP contribution < -0.4 is 4.74 Å². The number of hydrogen-bond acceptors (Lipinski definition) is 4. The van der Waals surface area contributed by atoms with Gasteiger partial charge in [-0.2, -0.15) is 0 Å². The molecule has 0 bridgehead atoms. The lowest BCUT2D eigenvalue weighted by molar-refractivity contribution is 0.102. The summed E-state index contributed by atoms with van der Waals surface area (Å²) >= 11 is 0. The van der Waals surface area contributed by atoms with E-state index in [4.69, 9.17) is 4.74 Å². The molecule has 0 fully saturated rings. The molecule has 0 spiro atoms. The first kappa shape index (κ1) is 10.3. The summed E-state index contributed by atoms with van der Waals surface area (Å²) < 4.78 is 5.11. The summed E-state index contributed by atoms with van der Waals surface area (Å²) in [5, 5.41) is 0. The third kappa shape index (κ3) is 1.91. The minimum absolute atomic E-state index is 0.173. The third-order valence-corrected chi connectivity index (χ3v) is 2.12. The van der Waals surface area contributed by atoms with Crippen LogP contribution in [0.4, 0.5) is 0 Å². The van der Waals surface area contributed by atoms with Gasteiger partial charge in [0.05, 0.1) is 12.7 Å². The summed E-state index contributed by atoms with van der Waals surface area (Å²) in [5.41, 5.74) is 0.469. The Labute approximate surface area is 92.9 Å². The molecular weight excluding hydrogens is 204 g/mol. The van der Waals surface area contributed by atoms with E-state index in [2.05, 4.69) is 9.97 Å². The summed E-state index contributed by atoms with van der Waals surface area (Å²) in [5.74, 6) is 0.463. The van der Waals surface area contributed by atoms with Crippen LogP contribution in [-0.2, 0) is 0 Å². The molecule has 2 rings (SSSR count). The lowest BCUT2D eigenvalue weighted by Gasteiger charge is -2.05. The smallest absolute Gasteiger partial charge is 0.233 e. The van der Waals surface area contributed by atoms with Gasteiger partial charge >= 0.3 is 0 Å². The molecule has 0 aliphatic carbocycles. The Bertz CT molecular complexity index is 497. The number of hydrogen-bond donors (Lipinski definition) is 0. The number of carbonyl (C=O) groups is 1. The van der Waals surface area contributed by atoms with Crippen LogP contribution in [0.5, 0.6) is 5.75 Å². The monoisotopic (exact) mass is 214 g/mol. The number of rotatable bonds is 3. The topological polar surface area (TPSA) is 52.1 Å². The first-order chi connectivity index (χ1) is 7.83. The number of methoxy groups -OCH3 is 1. The fourth-order valence-electron chi connectivity index (χ4n) is 1.37. The molecule has 0 saturated carbocycles. The number of para-hydroxylation sites is 1. The van der Waals surface area contributed by atoms with Gasteiger partial charge in [0.1, 0.15) is 5.75 Å². The molecule has 0 amide bonds.